The summed E-state index contributed by atoms with van der Waals surface area (Å²) in [6.45, 7) is 2.51. The number of nitriles is 1. The van der Waals surface area contributed by atoms with E-state index < -0.39 is 5.82 Å². The van der Waals surface area contributed by atoms with Gasteiger partial charge in [0.1, 0.15) is 17.4 Å². The predicted octanol–water partition coefficient (Wildman–Crippen LogP) is 2.07. The van der Waals surface area contributed by atoms with Crippen molar-refractivity contribution < 1.29 is 9.13 Å². The number of nitrogens with one attached hydrogen (secondary N) is 2. The molecule has 2 N–H and O–H groups in total. The van der Waals surface area contributed by atoms with Gasteiger partial charge in [0.2, 0.25) is 11.9 Å². The summed E-state index contributed by atoms with van der Waals surface area (Å²) in [7, 11) is 1.43. The van der Waals surface area contributed by atoms with Crippen molar-refractivity contribution in [2.75, 3.05) is 24.3 Å². The van der Waals surface area contributed by atoms with Gasteiger partial charge in [-0.15, -0.1) is 0 Å². The maximum atomic E-state index is 13.5. The Balaban J connectivity index is 2.37. The summed E-state index contributed by atoms with van der Waals surface area (Å²) >= 11 is 0. The van der Waals surface area contributed by atoms with Gasteiger partial charge < -0.3 is 15.4 Å². The number of rotatable bonds is 5. The van der Waals surface area contributed by atoms with Crippen LogP contribution in [0.3, 0.4) is 0 Å². The molecule has 0 fully saturated rings. The number of nitrogens with zero attached hydrogens (tertiary/aromatic N) is 4. The molecule has 108 valence electrons. The van der Waals surface area contributed by atoms with Crippen LogP contribution in [-0.2, 0) is 0 Å². The zero-order valence-corrected chi connectivity index (χ0v) is 11.5. The summed E-state index contributed by atoms with van der Waals surface area (Å²) in [4.78, 5) is 12.1. The molecule has 0 aliphatic heterocycles. The van der Waals surface area contributed by atoms with Gasteiger partial charge in [0.15, 0.2) is 0 Å². The van der Waals surface area contributed by atoms with E-state index in [-0.39, 0.29) is 23.2 Å². The Labute approximate surface area is 120 Å². The van der Waals surface area contributed by atoms with E-state index in [1.807, 2.05) is 6.92 Å². The van der Waals surface area contributed by atoms with Crippen molar-refractivity contribution in [3.8, 4) is 12.1 Å². The van der Waals surface area contributed by atoms with Crippen LogP contribution in [0.1, 0.15) is 12.5 Å². The summed E-state index contributed by atoms with van der Waals surface area (Å²) in [6, 6.07) is 6.17. The fourth-order valence-electron chi connectivity index (χ4n) is 1.60. The molecule has 0 bridgehead atoms. The molecule has 0 aliphatic rings. The highest BCUT2D eigenvalue weighted by molar-refractivity contribution is 5.63. The number of hydrogen-bond donors (Lipinski definition) is 2. The Morgan fingerprint density at radius 2 is 2.05 bits per heavy atom. The van der Waals surface area contributed by atoms with E-state index in [4.69, 9.17) is 10.00 Å². The molecular weight excluding hydrogens is 275 g/mol. The summed E-state index contributed by atoms with van der Waals surface area (Å²) in [5.41, 5.74) is 0.162. The van der Waals surface area contributed by atoms with Crippen LogP contribution in [0.25, 0.3) is 0 Å². The van der Waals surface area contributed by atoms with Gasteiger partial charge in [0.05, 0.1) is 12.8 Å². The molecule has 0 saturated heterocycles. The van der Waals surface area contributed by atoms with Crippen molar-refractivity contribution >= 4 is 17.6 Å². The van der Waals surface area contributed by atoms with Gasteiger partial charge in [-0.1, -0.05) is 6.07 Å². The average molecular weight is 288 g/mol. The first-order chi connectivity index (χ1) is 10.2. The van der Waals surface area contributed by atoms with Gasteiger partial charge in [-0.25, -0.2) is 4.39 Å². The topological polar surface area (TPSA) is 95.8 Å². The van der Waals surface area contributed by atoms with Gasteiger partial charge in [-0.05, 0) is 19.1 Å². The maximum absolute atomic E-state index is 13.5. The lowest BCUT2D eigenvalue weighted by Crippen LogP contribution is -2.08. The molecule has 1 heterocycles. The fourth-order valence-corrected chi connectivity index (χ4v) is 1.60. The molecule has 0 atom stereocenters. The molecule has 2 aromatic rings. The summed E-state index contributed by atoms with van der Waals surface area (Å²) in [5, 5.41) is 14.7. The second-order valence-electron chi connectivity index (χ2n) is 3.90. The number of halogens is 1. The minimum Gasteiger partial charge on any atom is -0.467 e. The van der Waals surface area contributed by atoms with Gasteiger partial charge in [0, 0.05) is 6.54 Å². The molecule has 7 nitrogen and oxygen atoms in total. The lowest BCUT2D eigenvalue weighted by Gasteiger charge is -2.09. The first-order valence-corrected chi connectivity index (χ1v) is 6.17. The van der Waals surface area contributed by atoms with Crippen LogP contribution in [0.5, 0.6) is 6.01 Å². The van der Waals surface area contributed by atoms with Gasteiger partial charge in [0.25, 0.3) is 0 Å². The highest BCUT2D eigenvalue weighted by Gasteiger charge is 2.11. The Kier molecular flexibility index (Phi) is 4.46. The van der Waals surface area contributed by atoms with Crippen LogP contribution < -0.4 is 15.4 Å². The Hall–Kier alpha value is -2.95. The van der Waals surface area contributed by atoms with Crippen molar-refractivity contribution in [1.82, 2.24) is 15.0 Å². The molecule has 21 heavy (non-hydrogen) atoms. The number of ether oxygens (including phenoxy) is 1. The number of benzene rings is 1. The largest absolute Gasteiger partial charge is 0.467 e. The van der Waals surface area contributed by atoms with Crippen LogP contribution >= 0.6 is 0 Å². The third-order valence-corrected chi connectivity index (χ3v) is 2.50. The Bertz CT molecular complexity index is 685. The lowest BCUT2D eigenvalue weighted by atomic mass is 10.2. The fraction of sp³-hybridized carbons (Fsp3) is 0.231. The standard InChI is InChI=1S/C13H13FN6O/c1-3-16-11-18-12(20-13(19-11)21-2)17-10-6-4-5-9(14)8(10)7-15/h4-6H,3H2,1-2H3,(H2,16,17,18,19,20). The molecule has 0 saturated carbocycles. The molecule has 8 heteroatoms. The van der Waals surface area contributed by atoms with E-state index >= 15 is 0 Å². The first kappa shape index (κ1) is 14.5. The number of hydrogen-bond acceptors (Lipinski definition) is 7. The average Bonchev–Trinajstić information content (AvgIpc) is 2.47. The van der Waals surface area contributed by atoms with E-state index in [1.165, 1.54) is 19.2 Å². The summed E-state index contributed by atoms with van der Waals surface area (Å²) in [6.07, 6.45) is 0. The van der Waals surface area contributed by atoms with Gasteiger partial charge in [-0.2, -0.15) is 20.2 Å². The Morgan fingerprint density at radius 3 is 2.71 bits per heavy atom. The third-order valence-electron chi connectivity index (χ3n) is 2.50. The zero-order chi connectivity index (χ0) is 15.2. The highest BCUT2D eigenvalue weighted by atomic mass is 19.1. The van der Waals surface area contributed by atoms with Crippen molar-refractivity contribution in [3.63, 3.8) is 0 Å². The maximum Gasteiger partial charge on any atom is 0.322 e. The van der Waals surface area contributed by atoms with Crippen LogP contribution in [0, 0.1) is 17.1 Å². The minimum atomic E-state index is -0.615. The van der Waals surface area contributed by atoms with E-state index in [0.717, 1.165) is 0 Å². The van der Waals surface area contributed by atoms with Crippen molar-refractivity contribution in [3.05, 3.63) is 29.6 Å². The Morgan fingerprint density at radius 1 is 1.29 bits per heavy atom. The summed E-state index contributed by atoms with van der Waals surface area (Å²) < 4.78 is 18.5. The normalized spacial score (nSPS) is 9.81. The van der Waals surface area contributed by atoms with Crippen molar-refractivity contribution in [2.45, 2.75) is 6.92 Å². The second kappa shape index (κ2) is 6.47. The van der Waals surface area contributed by atoms with Gasteiger partial charge in [-0.3, -0.25) is 0 Å². The van der Waals surface area contributed by atoms with E-state index in [1.54, 1.807) is 12.1 Å². The third kappa shape index (κ3) is 3.33. The molecule has 0 spiro atoms. The lowest BCUT2D eigenvalue weighted by molar-refractivity contribution is 0.379. The number of anilines is 3. The molecule has 0 amide bonds. The molecule has 0 aliphatic carbocycles. The van der Waals surface area contributed by atoms with Crippen LogP contribution in [0.15, 0.2) is 18.2 Å². The first-order valence-electron chi connectivity index (χ1n) is 6.17. The zero-order valence-electron chi connectivity index (χ0n) is 11.5. The molecule has 0 radical (unpaired) electrons. The second-order valence-corrected chi connectivity index (χ2v) is 3.90. The van der Waals surface area contributed by atoms with Crippen LogP contribution in [0.4, 0.5) is 22.0 Å². The van der Waals surface area contributed by atoms with E-state index in [9.17, 15) is 4.39 Å². The van der Waals surface area contributed by atoms with Gasteiger partial charge >= 0.3 is 6.01 Å². The van der Waals surface area contributed by atoms with Crippen LogP contribution in [0.2, 0.25) is 0 Å². The molecule has 1 aromatic heterocycles. The molecule has 0 unspecified atom stereocenters. The molecular formula is C13H13FN6O. The highest BCUT2D eigenvalue weighted by Crippen LogP contribution is 2.22. The van der Waals surface area contributed by atoms with E-state index in [0.29, 0.717) is 12.5 Å². The SMILES string of the molecule is CCNc1nc(Nc2cccc(F)c2C#N)nc(OC)n1. The van der Waals surface area contributed by atoms with Crippen LogP contribution in [-0.4, -0.2) is 28.6 Å². The molecule has 2 rings (SSSR count). The minimum absolute atomic E-state index is 0.109. The quantitative estimate of drug-likeness (QED) is 0.869. The predicted molar refractivity (Wildman–Crippen MR) is 74.9 cm³/mol. The monoisotopic (exact) mass is 288 g/mol. The summed E-state index contributed by atoms with van der Waals surface area (Å²) in [5.74, 6) is -0.142. The van der Waals surface area contributed by atoms with E-state index in [2.05, 4.69) is 25.6 Å². The number of aromatic nitrogens is 3. The smallest absolute Gasteiger partial charge is 0.322 e. The number of methoxy groups -OCH3 is 1. The van der Waals surface area contributed by atoms with Crippen molar-refractivity contribution in [1.29, 1.82) is 5.26 Å². The molecule has 1 aromatic carbocycles. The van der Waals surface area contributed by atoms with Crippen molar-refractivity contribution in [2.24, 2.45) is 0 Å².